The van der Waals surface area contributed by atoms with Crippen LogP contribution >= 0.6 is 0 Å². The predicted octanol–water partition coefficient (Wildman–Crippen LogP) is 3.62. The number of fused-ring (bicyclic) bond motifs is 4. The zero-order valence-electron chi connectivity index (χ0n) is 18.6. The van der Waals surface area contributed by atoms with Gasteiger partial charge in [0.1, 0.15) is 11.4 Å². The van der Waals surface area contributed by atoms with Gasteiger partial charge in [-0.1, -0.05) is 18.6 Å². The first-order valence-electron chi connectivity index (χ1n) is 12.0. The number of carbonyl (C=O) groups excluding carboxylic acids is 2. The smallest absolute Gasteiger partial charge is 0.242 e. The molecule has 1 aromatic carbocycles. The van der Waals surface area contributed by atoms with E-state index in [1.165, 1.54) is 11.1 Å². The number of carbonyl (C=O) groups is 2. The van der Waals surface area contributed by atoms with Gasteiger partial charge in [-0.25, -0.2) is 0 Å². The summed E-state index contributed by atoms with van der Waals surface area (Å²) in [5.41, 5.74) is 2.11. The standard InChI is InChI=1S/C25H34N2O4/c1-18-8-9-19-21(16-18)31-25(20-6-5-15-30-24(19)20)10-13-26(14-11-25)23(29)17-27-12-4-2-3-7-22(27)28/h8-9,16,20,24H,2-7,10-15,17H2,1H3/t20-,24+/m0/s1. The second-order valence-electron chi connectivity index (χ2n) is 9.75. The molecule has 31 heavy (non-hydrogen) atoms. The summed E-state index contributed by atoms with van der Waals surface area (Å²) in [4.78, 5) is 29.0. The number of piperidine rings is 1. The number of likely N-dealkylation sites (tertiary alicyclic amines) is 2. The largest absolute Gasteiger partial charge is 0.486 e. The van der Waals surface area contributed by atoms with E-state index in [-0.39, 0.29) is 30.1 Å². The van der Waals surface area contributed by atoms with Gasteiger partial charge in [0.25, 0.3) is 0 Å². The van der Waals surface area contributed by atoms with Crippen molar-refractivity contribution in [3.8, 4) is 5.75 Å². The van der Waals surface area contributed by atoms with Gasteiger partial charge in [-0.3, -0.25) is 9.59 Å². The highest BCUT2D eigenvalue weighted by atomic mass is 16.5. The van der Waals surface area contributed by atoms with Crippen LogP contribution in [0.1, 0.15) is 68.6 Å². The first kappa shape index (κ1) is 20.8. The van der Waals surface area contributed by atoms with Gasteiger partial charge in [0, 0.05) is 57.0 Å². The van der Waals surface area contributed by atoms with E-state index in [0.29, 0.717) is 32.0 Å². The van der Waals surface area contributed by atoms with Crippen molar-refractivity contribution < 1.29 is 19.1 Å². The summed E-state index contributed by atoms with van der Waals surface area (Å²) in [5.74, 6) is 1.50. The average molecular weight is 427 g/mol. The normalized spacial score (nSPS) is 27.8. The molecule has 2 atom stereocenters. The Morgan fingerprint density at radius 3 is 2.81 bits per heavy atom. The molecule has 6 nitrogen and oxygen atoms in total. The lowest BCUT2D eigenvalue weighted by Crippen LogP contribution is -2.58. The highest BCUT2D eigenvalue weighted by molar-refractivity contribution is 5.85. The van der Waals surface area contributed by atoms with Crippen molar-refractivity contribution in [2.75, 3.05) is 32.8 Å². The van der Waals surface area contributed by atoms with Crippen LogP contribution in [0.3, 0.4) is 0 Å². The SMILES string of the molecule is Cc1ccc2c(c1)OC1(CCN(C(=O)CN3CCCCCC3=O)CC1)[C@H]1CCCO[C@H]21. The molecule has 0 saturated carbocycles. The van der Waals surface area contributed by atoms with E-state index in [1.54, 1.807) is 4.90 Å². The molecular weight excluding hydrogens is 392 g/mol. The number of hydrogen-bond donors (Lipinski definition) is 0. The van der Waals surface area contributed by atoms with Gasteiger partial charge < -0.3 is 19.3 Å². The number of benzene rings is 1. The fourth-order valence-electron chi connectivity index (χ4n) is 5.96. The first-order valence-corrected chi connectivity index (χ1v) is 12.0. The fourth-order valence-corrected chi connectivity index (χ4v) is 5.96. The van der Waals surface area contributed by atoms with Gasteiger partial charge in [0.15, 0.2) is 0 Å². The molecule has 0 radical (unpaired) electrons. The number of aryl methyl sites for hydroxylation is 1. The van der Waals surface area contributed by atoms with Crippen LogP contribution in [-0.4, -0.2) is 60.0 Å². The van der Waals surface area contributed by atoms with Crippen molar-refractivity contribution in [1.82, 2.24) is 9.80 Å². The number of rotatable bonds is 2. The van der Waals surface area contributed by atoms with E-state index in [1.807, 2.05) is 4.90 Å². The molecule has 1 spiro atoms. The van der Waals surface area contributed by atoms with Crippen LogP contribution in [0, 0.1) is 12.8 Å². The van der Waals surface area contributed by atoms with Gasteiger partial charge in [-0.2, -0.15) is 0 Å². The summed E-state index contributed by atoms with van der Waals surface area (Å²) in [6, 6.07) is 6.44. The van der Waals surface area contributed by atoms with Crippen LogP contribution in [0.5, 0.6) is 5.75 Å². The summed E-state index contributed by atoms with van der Waals surface area (Å²) in [6.07, 6.45) is 7.50. The van der Waals surface area contributed by atoms with Crippen molar-refractivity contribution in [2.45, 2.75) is 70.0 Å². The van der Waals surface area contributed by atoms with Crippen LogP contribution in [0.2, 0.25) is 0 Å². The molecule has 4 aliphatic heterocycles. The zero-order chi connectivity index (χ0) is 21.4. The van der Waals surface area contributed by atoms with Crippen LogP contribution in [0.15, 0.2) is 18.2 Å². The van der Waals surface area contributed by atoms with Gasteiger partial charge in [0.2, 0.25) is 11.8 Å². The van der Waals surface area contributed by atoms with Gasteiger partial charge in [-0.15, -0.1) is 0 Å². The summed E-state index contributed by atoms with van der Waals surface area (Å²) in [5, 5.41) is 0. The maximum absolute atomic E-state index is 13.0. The lowest BCUT2D eigenvalue weighted by Gasteiger charge is -2.53. The molecule has 0 aliphatic carbocycles. The highest BCUT2D eigenvalue weighted by Gasteiger charge is 2.52. The van der Waals surface area contributed by atoms with Crippen LogP contribution in [-0.2, 0) is 14.3 Å². The van der Waals surface area contributed by atoms with Crippen molar-refractivity contribution in [3.63, 3.8) is 0 Å². The van der Waals surface area contributed by atoms with Crippen LogP contribution in [0.25, 0.3) is 0 Å². The summed E-state index contributed by atoms with van der Waals surface area (Å²) < 4.78 is 13.0. The average Bonchev–Trinajstić information content (AvgIpc) is 2.98. The molecule has 4 aliphatic rings. The summed E-state index contributed by atoms with van der Waals surface area (Å²) in [7, 11) is 0. The predicted molar refractivity (Wildman–Crippen MR) is 117 cm³/mol. The molecule has 0 unspecified atom stereocenters. The van der Waals surface area contributed by atoms with Crippen molar-refractivity contribution in [3.05, 3.63) is 29.3 Å². The third-order valence-corrected chi connectivity index (χ3v) is 7.75. The lowest BCUT2D eigenvalue weighted by molar-refractivity contribution is -0.158. The molecule has 168 valence electrons. The Morgan fingerprint density at radius 1 is 1.13 bits per heavy atom. The Hall–Kier alpha value is -2.08. The second kappa shape index (κ2) is 8.45. The van der Waals surface area contributed by atoms with Crippen molar-refractivity contribution >= 4 is 11.8 Å². The van der Waals surface area contributed by atoms with E-state index in [0.717, 1.165) is 57.3 Å². The molecule has 4 heterocycles. The molecule has 2 amide bonds. The van der Waals surface area contributed by atoms with Gasteiger partial charge >= 0.3 is 0 Å². The fraction of sp³-hybridized carbons (Fsp3) is 0.680. The number of ether oxygens (including phenoxy) is 2. The lowest BCUT2D eigenvalue weighted by atomic mass is 9.70. The first-order chi connectivity index (χ1) is 15.1. The highest BCUT2D eigenvalue weighted by Crippen LogP contribution is 2.53. The molecule has 0 aromatic heterocycles. The molecule has 3 fully saturated rings. The molecule has 3 saturated heterocycles. The van der Waals surface area contributed by atoms with E-state index < -0.39 is 0 Å². The molecule has 0 bridgehead atoms. The molecule has 6 heteroatoms. The molecule has 5 rings (SSSR count). The number of nitrogens with zero attached hydrogens (tertiary/aromatic N) is 2. The van der Waals surface area contributed by atoms with Crippen LogP contribution in [0.4, 0.5) is 0 Å². The van der Waals surface area contributed by atoms with Crippen molar-refractivity contribution in [1.29, 1.82) is 0 Å². The zero-order valence-corrected chi connectivity index (χ0v) is 18.6. The maximum atomic E-state index is 13.0. The minimum absolute atomic E-state index is 0.0774. The second-order valence-corrected chi connectivity index (χ2v) is 9.75. The molecular formula is C25H34N2O4. The summed E-state index contributed by atoms with van der Waals surface area (Å²) in [6.45, 7) is 5.21. The Morgan fingerprint density at radius 2 is 1.97 bits per heavy atom. The minimum atomic E-state index is -0.263. The molecule has 0 N–H and O–H groups in total. The third kappa shape index (κ3) is 3.95. The van der Waals surface area contributed by atoms with E-state index in [9.17, 15) is 9.59 Å². The Balaban J connectivity index is 1.29. The number of hydrogen-bond acceptors (Lipinski definition) is 4. The quantitative estimate of drug-likeness (QED) is 0.725. The Labute approximate surface area is 184 Å². The van der Waals surface area contributed by atoms with Gasteiger partial charge in [0.05, 0.1) is 12.6 Å². The monoisotopic (exact) mass is 426 g/mol. The van der Waals surface area contributed by atoms with E-state index in [2.05, 4.69) is 25.1 Å². The topological polar surface area (TPSA) is 59.1 Å². The Kier molecular flexibility index (Phi) is 5.67. The van der Waals surface area contributed by atoms with E-state index >= 15 is 0 Å². The Bertz CT molecular complexity index is 846. The minimum Gasteiger partial charge on any atom is -0.486 e. The van der Waals surface area contributed by atoms with Crippen LogP contribution < -0.4 is 4.74 Å². The van der Waals surface area contributed by atoms with Gasteiger partial charge in [-0.05, 0) is 44.2 Å². The summed E-state index contributed by atoms with van der Waals surface area (Å²) >= 11 is 0. The van der Waals surface area contributed by atoms with E-state index in [4.69, 9.17) is 9.47 Å². The maximum Gasteiger partial charge on any atom is 0.242 e. The van der Waals surface area contributed by atoms with Crippen molar-refractivity contribution in [2.24, 2.45) is 5.92 Å². The molecule has 1 aromatic rings. The number of amides is 2. The third-order valence-electron chi connectivity index (χ3n) is 7.75.